The topological polar surface area (TPSA) is 60.9 Å². The molecule has 0 N–H and O–H groups in total. The molecule has 0 bridgehead atoms. The molecule has 3 aromatic heterocycles. The van der Waals surface area contributed by atoms with Crippen molar-refractivity contribution in [2.75, 3.05) is 0 Å². The second kappa shape index (κ2) is 7.86. The van der Waals surface area contributed by atoms with Gasteiger partial charge in [0.25, 0.3) is 0 Å². The Morgan fingerprint density at radius 3 is 2.47 bits per heavy atom. The Labute approximate surface area is 175 Å². The van der Waals surface area contributed by atoms with Gasteiger partial charge in [0.2, 0.25) is 0 Å². The zero-order valence-electron chi connectivity index (χ0n) is 17.5. The first kappa shape index (κ1) is 18.7. The molecule has 30 heavy (non-hydrogen) atoms. The van der Waals surface area contributed by atoms with Gasteiger partial charge < -0.3 is 0 Å². The minimum absolute atomic E-state index is 0.933. The van der Waals surface area contributed by atoms with Crippen molar-refractivity contribution in [3.8, 4) is 5.69 Å². The molecule has 3 heterocycles. The molecular formula is C24H26N6. The highest BCUT2D eigenvalue weighted by molar-refractivity contribution is 6.16. The highest BCUT2D eigenvalue weighted by atomic mass is 15.4. The first-order valence-electron chi connectivity index (χ1n) is 10.9. The second-order valence-corrected chi connectivity index (χ2v) is 7.87. The summed E-state index contributed by atoms with van der Waals surface area (Å²) in [5.41, 5.74) is 5.31. The Balaban J connectivity index is 1.81. The van der Waals surface area contributed by atoms with Crippen molar-refractivity contribution in [2.45, 2.75) is 52.4 Å². The summed E-state index contributed by atoms with van der Waals surface area (Å²) < 4.78 is 3.92. The fourth-order valence-corrected chi connectivity index (χ4v) is 4.23. The van der Waals surface area contributed by atoms with Gasteiger partial charge in [-0.25, -0.2) is 9.20 Å². The zero-order chi connectivity index (χ0) is 20.5. The molecule has 5 rings (SSSR count). The summed E-state index contributed by atoms with van der Waals surface area (Å²) in [6.07, 6.45) is 8.47. The lowest BCUT2D eigenvalue weighted by atomic mass is 10.0. The average molecular weight is 399 g/mol. The van der Waals surface area contributed by atoms with E-state index >= 15 is 0 Å². The van der Waals surface area contributed by atoms with Crippen LogP contribution in [0.2, 0.25) is 0 Å². The molecule has 0 amide bonds. The van der Waals surface area contributed by atoms with E-state index < -0.39 is 0 Å². The summed E-state index contributed by atoms with van der Waals surface area (Å²) in [5.74, 6) is 0. The minimum atomic E-state index is 0.933. The van der Waals surface area contributed by atoms with E-state index in [-0.39, 0.29) is 0 Å². The highest BCUT2D eigenvalue weighted by Gasteiger charge is 2.17. The lowest BCUT2D eigenvalue weighted by molar-refractivity contribution is 0.762. The SMILES string of the molecule is CCCCc1cn(-c2cccc3c2c2ccccc2n2nnc(CCCC)c32)nn1. The summed E-state index contributed by atoms with van der Waals surface area (Å²) >= 11 is 0. The number of hydrogen-bond donors (Lipinski definition) is 0. The van der Waals surface area contributed by atoms with Crippen LogP contribution in [0.1, 0.15) is 50.9 Å². The Morgan fingerprint density at radius 2 is 1.60 bits per heavy atom. The lowest BCUT2D eigenvalue weighted by Crippen LogP contribution is -2.00. The molecule has 0 radical (unpaired) electrons. The van der Waals surface area contributed by atoms with Crippen molar-refractivity contribution < 1.29 is 0 Å². The van der Waals surface area contributed by atoms with E-state index in [0.717, 1.165) is 77.4 Å². The van der Waals surface area contributed by atoms with Gasteiger partial charge in [0.1, 0.15) is 0 Å². The number of pyridine rings is 1. The normalized spacial score (nSPS) is 11.8. The van der Waals surface area contributed by atoms with E-state index in [1.807, 2.05) is 9.20 Å². The van der Waals surface area contributed by atoms with Gasteiger partial charge in [-0.2, -0.15) is 0 Å². The van der Waals surface area contributed by atoms with Crippen LogP contribution in [-0.2, 0) is 12.8 Å². The van der Waals surface area contributed by atoms with Gasteiger partial charge in [-0.1, -0.05) is 67.4 Å². The summed E-state index contributed by atoms with van der Waals surface area (Å²) in [5, 5.41) is 21.4. The van der Waals surface area contributed by atoms with Crippen LogP contribution >= 0.6 is 0 Å². The Kier molecular flexibility index (Phi) is 4.91. The summed E-state index contributed by atoms with van der Waals surface area (Å²) in [6.45, 7) is 4.40. The van der Waals surface area contributed by atoms with E-state index in [9.17, 15) is 0 Å². The van der Waals surface area contributed by atoms with Gasteiger partial charge in [0, 0.05) is 16.2 Å². The highest BCUT2D eigenvalue weighted by Crippen LogP contribution is 2.34. The van der Waals surface area contributed by atoms with Gasteiger partial charge in [-0.05, 0) is 37.8 Å². The van der Waals surface area contributed by atoms with E-state index in [2.05, 4.69) is 83.1 Å². The molecule has 0 unspecified atom stereocenters. The number of nitrogens with zero attached hydrogens (tertiary/aromatic N) is 6. The molecule has 0 fully saturated rings. The molecular weight excluding hydrogens is 372 g/mol. The number of unbranched alkanes of at least 4 members (excludes halogenated alkanes) is 2. The first-order chi connectivity index (χ1) is 14.8. The summed E-state index contributed by atoms with van der Waals surface area (Å²) in [6, 6.07) is 14.8. The maximum absolute atomic E-state index is 4.55. The third-order valence-corrected chi connectivity index (χ3v) is 5.78. The maximum atomic E-state index is 4.55. The van der Waals surface area contributed by atoms with Crippen molar-refractivity contribution in [3.05, 3.63) is 60.0 Å². The van der Waals surface area contributed by atoms with Crippen molar-refractivity contribution in [3.63, 3.8) is 0 Å². The Morgan fingerprint density at radius 1 is 0.800 bits per heavy atom. The zero-order valence-corrected chi connectivity index (χ0v) is 17.5. The smallest absolute Gasteiger partial charge is 0.0983 e. The van der Waals surface area contributed by atoms with Crippen molar-refractivity contribution >= 4 is 27.2 Å². The van der Waals surface area contributed by atoms with E-state index in [1.165, 1.54) is 5.39 Å². The molecule has 0 atom stereocenters. The fraction of sp³-hybridized carbons (Fsp3) is 0.333. The second-order valence-electron chi connectivity index (χ2n) is 7.87. The quantitative estimate of drug-likeness (QED) is 0.349. The predicted molar refractivity (Wildman–Crippen MR) is 120 cm³/mol. The number of benzene rings is 2. The van der Waals surface area contributed by atoms with Gasteiger partial charge >= 0.3 is 0 Å². The first-order valence-corrected chi connectivity index (χ1v) is 10.9. The number of rotatable bonds is 7. The standard InChI is InChI=1S/C24H26N6/c1-3-5-10-17-16-29(27-25-17)22-15-9-12-19-23(22)18-11-7-8-14-21(18)30-24(19)20(26-28-30)13-6-4-2/h7-9,11-12,14-16H,3-6,10,13H2,1-2H3. The maximum Gasteiger partial charge on any atom is 0.0983 e. The minimum Gasteiger partial charge on any atom is -0.220 e. The number of hydrogen-bond acceptors (Lipinski definition) is 4. The van der Waals surface area contributed by atoms with Crippen molar-refractivity contribution in [1.82, 2.24) is 29.8 Å². The molecule has 6 heteroatoms. The molecule has 0 saturated carbocycles. The number of aryl methyl sites for hydroxylation is 2. The van der Waals surface area contributed by atoms with Gasteiger partial charge in [-0.15, -0.1) is 10.2 Å². The van der Waals surface area contributed by atoms with Crippen LogP contribution in [0.5, 0.6) is 0 Å². The molecule has 5 aromatic rings. The van der Waals surface area contributed by atoms with Crippen molar-refractivity contribution in [2.24, 2.45) is 0 Å². The monoisotopic (exact) mass is 398 g/mol. The Hall–Kier alpha value is -3.28. The van der Waals surface area contributed by atoms with Crippen LogP contribution < -0.4 is 0 Å². The van der Waals surface area contributed by atoms with Gasteiger partial charge in [0.05, 0.1) is 34.3 Å². The third-order valence-electron chi connectivity index (χ3n) is 5.78. The number of para-hydroxylation sites is 1. The van der Waals surface area contributed by atoms with Gasteiger partial charge in [0.15, 0.2) is 0 Å². The molecule has 6 nitrogen and oxygen atoms in total. The van der Waals surface area contributed by atoms with Crippen LogP contribution in [0, 0.1) is 0 Å². The van der Waals surface area contributed by atoms with Crippen molar-refractivity contribution in [1.29, 1.82) is 0 Å². The average Bonchev–Trinajstić information content (AvgIpc) is 3.43. The van der Waals surface area contributed by atoms with E-state index in [0.29, 0.717) is 0 Å². The fourth-order valence-electron chi connectivity index (χ4n) is 4.23. The van der Waals surface area contributed by atoms with Crippen LogP contribution in [0.4, 0.5) is 0 Å². The van der Waals surface area contributed by atoms with Crippen LogP contribution in [0.25, 0.3) is 32.9 Å². The van der Waals surface area contributed by atoms with Crippen LogP contribution in [0.3, 0.4) is 0 Å². The largest absolute Gasteiger partial charge is 0.220 e. The molecule has 2 aromatic carbocycles. The molecule has 0 aliphatic heterocycles. The number of aromatic nitrogens is 6. The van der Waals surface area contributed by atoms with Gasteiger partial charge in [-0.3, -0.25) is 0 Å². The van der Waals surface area contributed by atoms with E-state index in [4.69, 9.17) is 0 Å². The molecule has 0 spiro atoms. The lowest BCUT2D eigenvalue weighted by Gasteiger charge is -2.12. The molecule has 0 saturated heterocycles. The van der Waals surface area contributed by atoms with E-state index in [1.54, 1.807) is 0 Å². The Bertz CT molecular complexity index is 1330. The molecule has 0 aliphatic carbocycles. The third kappa shape index (κ3) is 3.03. The molecule has 0 aliphatic rings. The predicted octanol–water partition coefficient (Wildman–Crippen LogP) is 5.30. The summed E-state index contributed by atoms with van der Waals surface area (Å²) in [4.78, 5) is 0. The van der Waals surface area contributed by atoms with Crippen LogP contribution in [0.15, 0.2) is 48.7 Å². The molecule has 152 valence electrons. The number of fused-ring (bicyclic) bond motifs is 6. The van der Waals surface area contributed by atoms with Crippen LogP contribution in [-0.4, -0.2) is 29.8 Å². The summed E-state index contributed by atoms with van der Waals surface area (Å²) in [7, 11) is 0.